The number of hydrogen-bond acceptors (Lipinski definition) is 5. The average molecular weight is 415 g/mol. The van der Waals surface area contributed by atoms with Gasteiger partial charge >= 0.3 is 5.69 Å². The third kappa shape index (κ3) is 2.63. The lowest BCUT2D eigenvalue weighted by molar-refractivity contribution is 0.103. The number of carbonyl (C=O) groups excluding carboxylic acids is 1. The standard InChI is InChI=1S/C24H21N3O4/c1-4-31-14-9-7-8-13(12-14)17-18-20(15-10-5-6-11-16(15)21(18)28)25-22-19(17)23(29)27(3)24(30)26(22)2/h5-12,17,25H,4H2,1-3H3. The van der Waals surface area contributed by atoms with E-state index in [2.05, 4.69) is 5.32 Å². The first-order chi connectivity index (χ1) is 14.9. The van der Waals surface area contributed by atoms with Crippen LogP contribution in [-0.2, 0) is 14.1 Å². The minimum absolute atomic E-state index is 0.119. The van der Waals surface area contributed by atoms with Crippen molar-refractivity contribution in [1.29, 1.82) is 0 Å². The van der Waals surface area contributed by atoms with Crippen LogP contribution in [0.5, 0.6) is 5.75 Å². The lowest BCUT2D eigenvalue weighted by Gasteiger charge is -2.29. The maximum atomic E-state index is 13.5. The minimum atomic E-state index is -0.628. The molecule has 1 atom stereocenters. The van der Waals surface area contributed by atoms with Gasteiger partial charge in [0.15, 0.2) is 5.78 Å². The van der Waals surface area contributed by atoms with Gasteiger partial charge in [-0.25, -0.2) is 4.79 Å². The number of ether oxygens (including phenoxy) is 1. The number of aromatic nitrogens is 2. The monoisotopic (exact) mass is 415 g/mol. The zero-order valence-corrected chi connectivity index (χ0v) is 17.4. The summed E-state index contributed by atoms with van der Waals surface area (Å²) in [5.74, 6) is 0.318. The molecule has 1 aliphatic carbocycles. The Hall–Kier alpha value is -3.87. The molecule has 2 aliphatic rings. The maximum Gasteiger partial charge on any atom is 0.332 e. The smallest absolute Gasteiger partial charge is 0.332 e. The highest BCUT2D eigenvalue weighted by Gasteiger charge is 2.42. The summed E-state index contributed by atoms with van der Waals surface area (Å²) in [6.07, 6.45) is 0. The normalized spacial score (nSPS) is 16.5. The van der Waals surface area contributed by atoms with E-state index in [0.717, 1.165) is 15.7 Å². The third-order valence-corrected chi connectivity index (χ3v) is 5.98. The molecule has 0 saturated heterocycles. The van der Waals surface area contributed by atoms with Crippen molar-refractivity contribution in [2.45, 2.75) is 12.8 Å². The molecule has 1 N–H and O–H groups in total. The van der Waals surface area contributed by atoms with Gasteiger partial charge in [-0.1, -0.05) is 36.4 Å². The molecule has 7 nitrogen and oxygen atoms in total. The molecule has 3 aromatic rings. The fourth-order valence-electron chi connectivity index (χ4n) is 4.54. The van der Waals surface area contributed by atoms with E-state index in [-0.39, 0.29) is 5.78 Å². The zero-order valence-electron chi connectivity index (χ0n) is 17.4. The molecule has 0 bridgehead atoms. The van der Waals surface area contributed by atoms with E-state index in [0.29, 0.717) is 40.6 Å². The Balaban J connectivity index is 1.85. The van der Waals surface area contributed by atoms with Crippen LogP contribution in [0.15, 0.2) is 63.7 Å². The Morgan fingerprint density at radius 2 is 1.71 bits per heavy atom. The number of Topliss-reactive ketones (excluding diaryl/α,β-unsaturated/α-hetero) is 1. The van der Waals surface area contributed by atoms with Crippen molar-refractivity contribution in [2.24, 2.45) is 14.1 Å². The van der Waals surface area contributed by atoms with E-state index in [1.54, 1.807) is 13.1 Å². The van der Waals surface area contributed by atoms with Gasteiger partial charge in [-0.2, -0.15) is 0 Å². The van der Waals surface area contributed by atoms with Crippen LogP contribution in [0.1, 0.15) is 39.9 Å². The molecule has 1 aliphatic heterocycles. The molecule has 156 valence electrons. The van der Waals surface area contributed by atoms with E-state index in [1.165, 1.54) is 11.6 Å². The van der Waals surface area contributed by atoms with E-state index in [4.69, 9.17) is 4.74 Å². The molecule has 7 heteroatoms. The Labute approximate surface area is 178 Å². The van der Waals surface area contributed by atoms with Gasteiger partial charge in [0.2, 0.25) is 0 Å². The highest BCUT2D eigenvalue weighted by atomic mass is 16.5. The van der Waals surface area contributed by atoms with Crippen LogP contribution >= 0.6 is 0 Å². The van der Waals surface area contributed by atoms with Gasteiger partial charge in [-0.05, 0) is 24.6 Å². The van der Waals surface area contributed by atoms with Gasteiger partial charge in [0, 0.05) is 36.7 Å². The van der Waals surface area contributed by atoms with Crippen molar-refractivity contribution < 1.29 is 9.53 Å². The van der Waals surface area contributed by atoms with Crippen molar-refractivity contribution in [3.8, 4) is 5.75 Å². The summed E-state index contributed by atoms with van der Waals surface area (Å²) in [7, 11) is 3.07. The molecule has 2 aromatic carbocycles. The lowest BCUT2D eigenvalue weighted by Crippen LogP contribution is -2.42. The third-order valence-electron chi connectivity index (χ3n) is 5.98. The first-order valence-electron chi connectivity index (χ1n) is 10.1. The number of nitrogens with one attached hydrogen (secondary N) is 1. The molecule has 0 radical (unpaired) electrons. The Morgan fingerprint density at radius 1 is 0.968 bits per heavy atom. The van der Waals surface area contributed by atoms with Crippen molar-refractivity contribution in [2.75, 3.05) is 11.9 Å². The number of rotatable bonds is 3. The molecule has 0 spiro atoms. The van der Waals surface area contributed by atoms with E-state index < -0.39 is 17.2 Å². The zero-order chi connectivity index (χ0) is 21.9. The second-order valence-corrected chi connectivity index (χ2v) is 7.69. The van der Waals surface area contributed by atoms with Gasteiger partial charge in [-0.3, -0.25) is 18.7 Å². The molecule has 0 saturated carbocycles. The fraction of sp³-hybridized carbons (Fsp3) is 0.208. The summed E-state index contributed by atoms with van der Waals surface area (Å²) in [4.78, 5) is 39.4. The summed E-state index contributed by atoms with van der Waals surface area (Å²) >= 11 is 0. The molecule has 5 rings (SSSR count). The number of carbonyl (C=O) groups is 1. The molecule has 1 unspecified atom stereocenters. The SMILES string of the molecule is CCOc1cccc(C2C3=C(Nc4c2c(=O)n(C)c(=O)n4C)c2ccccc2C3=O)c1. The Kier molecular flexibility index (Phi) is 4.22. The predicted molar refractivity (Wildman–Crippen MR) is 118 cm³/mol. The summed E-state index contributed by atoms with van der Waals surface area (Å²) in [6.45, 7) is 2.40. The van der Waals surface area contributed by atoms with E-state index in [9.17, 15) is 14.4 Å². The summed E-state index contributed by atoms with van der Waals surface area (Å²) < 4.78 is 8.17. The Morgan fingerprint density at radius 3 is 2.45 bits per heavy atom. The van der Waals surface area contributed by atoms with Crippen LogP contribution in [0.4, 0.5) is 5.82 Å². The van der Waals surface area contributed by atoms with Gasteiger partial charge in [0.1, 0.15) is 11.6 Å². The van der Waals surface area contributed by atoms with Crippen molar-refractivity contribution >= 4 is 17.3 Å². The van der Waals surface area contributed by atoms with Crippen LogP contribution < -0.4 is 21.3 Å². The molecular formula is C24H21N3O4. The average Bonchev–Trinajstić information content (AvgIpc) is 3.07. The highest BCUT2D eigenvalue weighted by molar-refractivity contribution is 6.23. The summed E-state index contributed by atoms with van der Waals surface area (Å²) in [6, 6.07) is 14.8. The van der Waals surface area contributed by atoms with E-state index >= 15 is 0 Å². The second kappa shape index (κ2) is 6.84. The molecule has 2 heterocycles. The highest BCUT2D eigenvalue weighted by Crippen LogP contribution is 2.48. The number of allylic oxidation sites excluding steroid dienone is 1. The molecule has 1 aromatic heterocycles. The fourth-order valence-corrected chi connectivity index (χ4v) is 4.54. The maximum absolute atomic E-state index is 13.5. The van der Waals surface area contributed by atoms with Crippen LogP contribution in [0.2, 0.25) is 0 Å². The Bertz CT molecular complexity index is 1410. The first-order valence-corrected chi connectivity index (χ1v) is 10.1. The van der Waals surface area contributed by atoms with E-state index in [1.807, 2.05) is 49.4 Å². The largest absolute Gasteiger partial charge is 0.494 e. The van der Waals surface area contributed by atoms with Crippen LogP contribution in [0, 0.1) is 0 Å². The quantitative estimate of drug-likeness (QED) is 0.711. The van der Waals surface area contributed by atoms with Gasteiger partial charge in [-0.15, -0.1) is 0 Å². The second-order valence-electron chi connectivity index (χ2n) is 7.69. The lowest BCUT2D eigenvalue weighted by atomic mass is 9.81. The summed E-state index contributed by atoms with van der Waals surface area (Å²) in [5.41, 5.74) is 2.79. The van der Waals surface area contributed by atoms with Crippen LogP contribution in [-0.4, -0.2) is 21.5 Å². The molecular weight excluding hydrogens is 394 g/mol. The topological polar surface area (TPSA) is 82.3 Å². The first kappa shape index (κ1) is 19.1. The number of ketones is 1. The summed E-state index contributed by atoms with van der Waals surface area (Å²) in [5, 5.41) is 3.24. The van der Waals surface area contributed by atoms with Crippen molar-refractivity contribution in [3.05, 3.63) is 97.2 Å². The number of anilines is 1. The van der Waals surface area contributed by atoms with Gasteiger partial charge < -0.3 is 10.1 Å². The number of hydrogen-bond donors (Lipinski definition) is 1. The predicted octanol–water partition coefficient (Wildman–Crippen LogP) is 2.65. The van der Waals surface area contributed by atoms with Crippen LogP contribution in [0.3, 0.4) is 0 Å². The van der Waals surface area contributed by atoms with Gasteiger partial charge in [0.25, 0.3) is 5.56 Å². The van der Waals surface area contributed by atoms with Crippen molar-refractivity contribution in [1.82, 2.24) is 9.13 Å². The van der Waals surface area contributed by atoms with Crippen LogP contribution in [0.25, 0.3) is 5.70 Å². The molecule has 0 fully saturated rings. The molecule has 0 amide bonds. The van der Waals surface area contributed by atoms with Gasteiger partial charge in [0.05, 0.1) is 17.9 Å². The molecule has 31 heavy (non-hydrogen) atoms. The number of benzene rings is 2. The number of fused-ring (bicyclic) bond motifs is 3. The van der Waals surface area contributed by atoms with Crippen molar-refractivity contribution in [3.63, 3.8) is 0 Å². The number of nitrogens with zero attached hydrogens (tertiary/aromatic N) is 2. The minimum Gasteiger partial charge on any atom is -0.494 e.